The Morgan fingerprint density at radius 3 is 2.60 bits per heavy atom. The maximum atomic E-state index is 11.0. The molecule has 1 saturated carbocycles. The number of hydrogen-bond donors (Lipinski definition) is 1. The zero-order chi connectivity index (χ0) is 14.8. The highest BCUT2D eigenvalue weighted by molar-refractivity contribution is 9.10. The van der Waals surface area contributed by atoms with E-state index >= 15 is 0 Å². The van der Waals surface area contributed by atoms with Crippen LogP contribution in [0.5, 0.6) is 0 Å². The molecule has 3 unspecified atom stereocenters. The summed E-state index contributed by atoms with van der Waals surface area (Å²) in [5, 5.41) is 20.6. The highest BCUT2D eigenvalue weighted by Crippen LogP contribution is 2.50. The summed E-state index contributed by atoms with van der Waals surface area (Å²) in [7, 11) is 0. The van der Waals surface area contributed by atoms with E-state index in [1.54, 1.807) is 0 Å². The summed E-state index contributed by atoms with van der Waals surface area (Å²) in [6.07, 6.45) is 4.32. The molecule has 0 amide bonds. The molecular weight excluding hydrogens is 314 g/mol. The van der Waals surface area contributed by atoms with Gasteiger partial charge in [0.1, 0.15) is 0 Å². The van der Waals surface area contributed by atoms with Gasteiger partial charge in [-0.3, -0.25) is 0 Å². The van der Waals surface area contributed by atoms with Gasteiger partial charge in [0.2, 0.25) is 0 Å². The van der Waals surface area contributed by atoms with E-state index in [0.29, 0.717) is 12.3 Å². The van der Waals surface area contributed by atoms with Crippen molar-refractivity contribution in [2.45, 2.75) is 51.6 Å². The lowest BCUT2D eigenvalue weighted by Gasteiger charge is -2.38. The Kier molecular flexibility index (Phi) is 4.56. The van der Waals surface area contributed by atoms with E-state index in [-0.39, 0.29) is 0 Å². The van der Waals surface area contributed by atoms with Gasteiger partial charge < -0.3 is 5.11 Å². The van der Waals surface area contributed by atoms with Gasteiger partial charge in [0, 0.05) is 10.9 Å². The van der Waals surface area contributed by atoms with Crippen LogP contribution in [0, 0.1) is 22.7 Å². The average molecular weight is 336 g/mol. The fraction of sp³-hybridized carbons (Fsp3) is 0.588. The number of nitriles is 1. The second kappa shape index (κ2) is 5.87. The third-order valence-electron chi connectivity index (χ3n) is 4.90. The van der Waals surface area contributed by atoms with Crippen LogP contribution in [0.25, 0.3) is 0 Å². The van der Waals surface area contributed by atoms with Gasteiger partial charge in [-0.15, -0.1) is 0 Å². The molecule has 3 heteroatoms. The Balaban J connectivity index is 2.20. The molecule has 1 aliphatic carbocycles. The lowest BCUT2D eigenvalue weighted by Crippen LogP contribution is -2.45. The summed E-state index contributed by atoms with van der Waals surface area (Å²) in [5.41, 5.74) is -0.493. The molecule has 20 heavy (non-hydrogen) atoms. The van der Waals surface area contributed by atoms with Gasteiger partial charge in [-0.2, -0.15) is 5.26 Å². The quantitative estimate of drug-likeness (QED) is 0.882. The van der Waals surface area contributed by atoms with Gasteiger partial charge >= 0.3 is 0 Å². The predicted octanol–water partition coefficient (Wildman–Crippen LogP) is 4.46. The fourth-order valence-electron chi connectivity index (χ4n) is 3.38. The van der Waals surface area contributed by atoms with E-state index < -0.39 is 11.0 Å². The molecule has 1 fully saturated rings. The Hall–Kier alpha value is -0.850. The molecule has 1 N–H and O–H groups in total. The Morgan fingerprint density at radius 1 is 1.45 bits per heavy atom. The normalized spacial score (nSPS) is 28.9. The van der Waals surface area contributed by atoms with E-state index in [0.717, 1.165) is 35.7 Å². The molecule has 2 rings (SSSR count). The number of hydrogen-bond acceptors (Lipinski definition) is 2. The van der Waals surface area contributed by atoms with Crippen molar-refractivity contribution in [2.24, 2.45) is 11.3 Å². The first-order valence-electron chi connectivity index (χ1n) is 7.30. The Labute approximate surface area is 129 Å². The van der Waals surface area contributed by atoms with Crippen LogP contribution >= 0.6 is 15.9 Å². The van der Waals surface area contributed by atoms with E-state index in [1.807, 2.05) is 31.2 Å². The van der Waals surface area contributed by atoms with Crippen molar-refractivity contribution in [2.75, 3.05) is 0 Å². The third kappa shape index (κ3) is 2.92. The topological polar surface area (TPSA) is 44.0 Å². The third-order valence-corrected chi connectivity index (χ3v) is 5.43. The summed E-state index contributed by atoms with van der Waals surface area (Å²) < 4.78 is 1.03. The molecule has 1 aromatic carbocycles. The number of aliphatic hydroxyl groups is 1. The average Bonchev–Trinajstić information content (AvgIpc) is 2.87. The number of rotatable bonds is 4. The molecule has 3 atom stereocenters. The summed E-state index contributed by atoms with van der Waals surface area (Å²) in [5.74, 6) is 0.575. The lowest BCUT2D eigenvalue weighted by molar-refractivity contribution is -0.0378. The second-order valence-corrected chi connectivity index (χ2v) is 7.20. The zero-order valence-corrected chi connectivity index (χ0v) is 13.8. The fourth-order valence-corrected chi connectivity index (χ4v) is 3.64. The molecule has 0 spiro atoms. The smallest absolute Gasteiger partial charge is 0.0863 e. The van der Waals surface area contributed by atoms with E-state index in [9.17, 15) is 10.4 Å². The summed E-state index contributed by atoms with van der Waals surface area (Å²) in [4.78, 5) is 0. The van der Waals surface area contributed by atoms with Crippen LogP contribution in [-0.2, 0) is 6.42 Å². The van der Waals surface area contributed by atoms with Crippen molar-refractivity contribution < 1.29 is 5.11 Å². The molecule has 1 aromatic rings. The van der Waals surface area contributed by atoms with Crippen LogP contribution in [0.3, 0.4) is 0 Å². The van der Waals surface area contributed by atoms with Gasteiger partial charge in [-0.25, -0.2) is 0 Å². The highest BCUT2D eigenvalue weighted by atomic mass is 79.9. The molecule has 1 aliphatic rings. The zero-order valence-electron chi connectivity index (χ0n) is 12.2. The van der Waals surface area contributed by atoms with Crippen LogP contribution in [-0.4, -0.2) is 10.7 Å². The molecule has 2 nitrogen and oxygen atoms in total. The second-order valence-electron chi connectivity index (χ2n) is 6.29. The van der Waals surface area contributed by atoms with Crippen LogP contribution < -0.4 is 0 Å². The molecule has 0 heterocycles. The van der Waals surface area contributed by atoms with Crippen molar-refractivity contribution in [1.82, 2.24) is 0 Å². The van der Waals surface area contributed by atoms with Gasteiger partial charge in [-0.05, 0) is 49.8 Å². The molecular formula is C17H22BrNO. The largest absolute Gasteiger partial charge is 0.388 e. The number of nitrogens with zero attached hydrogens (tertiary/aromatic N) is 1. The van der Waals surface area contributed by atoms with Crippen LogP contribution in [0.4, 0.5) is 0 Å². The van der Waals surface area contributed by atoms with Gasteiger partial charge in [0.15, 0.2) is 0 Å². The highest BCUT2D eigenvalue weighted by Gasteiger charge is 2.51. The van der Waals surface area contributed by atoms with E-state index in [4.69, 9.17) is 0 Å². The van der Waals surface area contributed by atoms with Crippen molar-refractivity contribution in [3.8, 4) is 6.07 Å². The van der Waals surface area contributed by atoms with Gasteiger partial charge in [0.05, 0.1) is 17.1 Å². The van der Waals surface area contributed by atoms with E-state index in [2.05, 4.69) is 28.9 Å². The molecule has 0 bridgehead atoms. The molecule has 0 aromatic heterocycles. The minimum Gasteiger partial charge on any atom is -0.388 e. The predicted molar refractivity (Wildman–Crippen MR) is 84.1 cm³/mol. The summed E-state index contributed by atoms with van der Waals surface area (Å²) >= 11 is 3.42. The lowest BCUT2D eigenvalue weighted by atomic mass is 9.69. The molecule has 0 aliphatic heterocycles. The minimum atomic E-state index is -0.973. The Bertz CT molecular complexity index is 503. The molecule has 108 valence electrons. The number of benzene rings is 1. The van der Waals surface area contributed by atoms with Crippen molar-refractivity contribution >= 4 is 15.9 Å². The maximum absolute atomic E-state index is 11.0. The first kappa shape index (κ1) is 15.5. The van der Waals surface area contributed by atoms with Crippen molar-refractivity contribution in [3.05, 3.63) is 34.3 Å². The summed E-state index contributed by atoms with van der Waals surface area (Å²) in [6, 6.07) is 10.4. The van der Waals surface area contributed by atoms with Gasteiger partial charge in [0.25, 0.3) is 0 Å². The van der Waals surface area contributed by atoms with Crippen LogP contribution in [0.2, 0.25) is 0 Å². The van der Waals surface area contributed by atoms with Crippen molar-refractivity contribution in [1.29, 1.82) is 5.26 Å². The van der Waals surface area contributed by atoms with Gasteiger partial charge in [-0.1, -0.05) is 41.4 Å². The monoisotopic (exact) mass is 335 g/mol. The van der Waals surface area contributed by atoms with E-state index in [1.165, 1.54) is 0 Å². The first-order valence-corrected chi connectivity index (χ1v) is 8.10. The SMILES string of the molecule is CCC1CCC(C#N)(C(C)(O)Cc2ccc(Br)cc2)C1. The maximum Gasteiger partial charge on any atom is 0.0863 e. The Morgan fingerprint density at radius 2 is 2.10 bits per heavy atom. The molecule has 0 saturated heterocycles. The standard InChI is InChI=1S/C17H22BrNO/c1-3-13-8-9-17(11-13,12-19)16(2,20)10-14-4-6-15(18)7-5-14/h4-7,13,20H,3,8-11H2,1-2H3. The first-order chi connectivity index (χ1) is 9.42. The van der Waals surface area contributed by atoms with Crippen LogP contribution in [0.15, 0.2) is 28.7 Å². The minimum absolute atomic E-state index is 0.532. The van der Waals surface area contributed by atoms with Crippen LogP contribution in [0.1, 0.15) is 45.1 Å². The summed E-state index contributed by atoms with van der Waals surface area (Å²) in [6.45, 7) is 4.00. The van der Waals surface area contributed by atoms with Crippen molar-refractivity contribution in [3.63, 3.8) is 0 Å². The number of halogens is 1. The molecule has 0 radical (unpaired) electrons.